The maximum Gasteiger partial charge on any atom is 0.251 e. The summed E-state index contributed by atoms with van der Waals surface area (Å²) in [7, 11) is 0. The number of aromatic hydroxyl groups is 1. The van der Waals surface area contributed by atoms with Crippen LogP contribution in [0.2, 0.25) is 0 Å². The van der Waals surface area contributed by atoms with Crippen molar-refractivity contribution in [2.45, 2.75) is 38.1 Å². The fourth-order valence-corrected chi connectivity index (χ4v) is 2.94. The molecule has 0 atom stereocenters. The number of halogens is 1. The molecule has 3 N–H and O–H groups in total. The lowest BCUT2D eigenvalue weighted by molar-refractivity contribution is 0.0717. The molecule has 0 radical (unpaired) electrons. The standard InChI is InChI=1S/C15H20INO3/c1-10-4-6-15(9-18,7-5-10)17-14(20)11-2-3-12(16)13(19)8-11/h2-3,8,10,18-19H,4-7,9H2,1H3,(H,17,20). The van der Waals surface area contributed by atoms with Crippen molar-refractivity contribution in [2.24, 2.45) is 5.92 Å². The molecule has 0 bridgehead atoms. The smallest absolute Gasteiger partial charge is 0.251 e. The fourth-order valence-electron chi connectivity index (χ4n) is 2.60. The molecular weight excluding hydrogens is 369 g/mol. The maximum atomic E-state index is 12.3. The maximum absolute atomic E-state index is 12.3. The van der Waals surface area contributed by atoms with Crippen LogP contribution in [0, 0.1) is 9.49 Å². The molecule has 0 spiro atoms. The second-order valence-corrected chi connectivity index (χ2v) is 6.90. The topological polar surface area (TPSA) is 69.6 Å². The van der Waals surface area contributed by atoms with E-state index in [1.807, 2.05) is 22.6 Å². The zero-order valence-corrected chi connectivity index (χ0v) is 13.7. The van der Waals surface area contributed by atoms with Crippen LogP contribution < -0.4 is 5.32 Å². The average Bonchev–Trinajstić information content (AvgIpc) is 2.44. The largest absolute Gasteiger partial charge is 0.507 e. The number of benzene rings is 1. The van der Waals surface area contributed by atoms with Crippen molar-refractivity contribution in [3.8, 4) is 5.75 Å². The summed E-state index contributed by atoms with van der Waals surface area (Å²) >= 11 is 2.01. The highest BCUT2D eigenvalue weighted by atomic mass is 127. The van der Waals surface area contributed by atoms with Gasteiger partial charge in [0.2, 0.25) is 0 Å². The number of aliphatic hydroxyl groups is 1. The summed E-state index contributed by atoms with van der Waals surface area (Å²) in [5.41, 5.74) is -0.0864. The van der Waals surface area contributed by atoms with E-state index in [0.717, 1.165) is 25.7 Å². The first-order chi connectivity index (χ1) is 9.46. The van der Waals surface area contributed by atoms with Gasteiger partial charge in [-0.3, -0.25) is 4.79 Å². The van der Waals surface area contributed by atoms with Gasteiger partial charge < -0.3 is 15.5 Å². The van der Waals surface area contributed by atoms with Crippen LogP contribution in [0.25, 0.3) is 0 Å². The van der Waals surface area contributed by atoms with E-state index in [-0.39, 0.29) is 18.3 Å². The zero-order valence-electron chi connectivity index (χ0n) is 11.5. The first-order valence-electron chi connectivity index (χ1n) is 6.88. The molecule has 1 fully saturated rings. The van der Waals surface area contributed by atoms with E-state index in [9.17, 15) is 15.0 Å². The Hall–Kier alpha value is -0.820. The predicted molar refractivity (Wildman–Crippen MR) is 85.7 cm³/mol. The highest BCUT2D eigenvalue weighted by Crippen LogP contribution is 2.32. The highest BCUT2D eigenvalue weighted by Gasteiger charge is 2.35. The third-order valence-corrected chi connectivity index (χ3v) is 5.03. The molecule has 1 aromatic rings. The van der Waals surface area contributed by atoms with Crippen LogP contribution in [0.4, 0.5) is 0 Å². The van der Waals surface area contributed by atoms with Gasteiger partial charge in [0.15, 0.2) is 0 Å². The molecule has 4 nitrogen and oxygen atoms in total. The molecule has 20 heavy (non-hydrogen) atoms. The van der Waals surface area contributed by atoms with E-state index in [0.29, 0.717) is 15.1 Å². The van der Waals surface area contributed by atoms with Gasteiger partial charge in [-0.1, -0.05) is 6.92 Å². The first-order valence-corrected chi connectivity index (χ1v) is 7.95. The van der Waals surface area contributed by atoms with Gasteiger partial charge in [0, 0.05) is 5.56 Å². The zero-order chi connectivity index (χ0) is 14.8. The van der Waals surface area contributed by atoms with Crippen LogP contribution >= 0.6 is 22.6 Å². The number of hydrogen-bond acceptors (Lipinski definition) is 3. The number of carbonyl (C=O) groups excluding carboxylic acids is 1. The monoisotopic (exact) mass is 389 g/mol. The van der Waals surface area contributed by atoms with E-state index in [4.69, 9.17) is 0 Å². The van der Waals surface area contributed by atoms with Crippen molar-refractivity contribution < 1.29 is 15.0 Å². The number of carbonyl (C=O) groups is 1. The number of phenolic OH excluding ortho intramolecular Hbond substituents is 1. The number of aliphatic hydroxyl groups excluding tert-OH is 1. The lowest BCUT2D eigenvalue weighted by Crippen LogP contribution is -2.53. The van der Waals surface area contributed by atoms with Crippen LogP contribution in [-0.2, 0) is 0 Å². The van der Waals surface area contributed by atoms with Gasteiger partial charge in [0.25, 0.3) is 5.91 Å². The molecule has 0 unspecified atom stereocenters. The molecule has 0 saturated heterocycles. The minimum absolute atomic E-state index is 0.0399. The van der Waals surface area contributed by atoms with Crippen LogP contribution in [0.3, 0.4) is 0 Å². The highest BCUT2D eigenvalue weighted by molar-refractivity contribution is 14.1. The summed E-state index contributed by atoms with van der Waals surface area (Å²) in [4.78, 5) is 12.3. The molecular formula is C15H20INO3. The van der Waals surface area contributed by atoms with Crippen molar-refractivity contribution in [2.75, 3.05) is 6.61 Å². The van der Waals surface area contributed by atoms with Crippen LogP contribution in [0.5, 0.6) is 5.75 Å². The Morgan fingerprint density at radius 3 is 2.65 bits per heavy atom. The van der Waals surface area contributed by atoms with Crippen molar-refractivity contribution in [3.05, 3.63) is 27.3 Å². The van der Waals surface area contributed by atoms with Crippen LogP contribution in [-0.4, -0.2) is 28.3 Å². The van der Waals surface area contributed by atoms with E-state index < -0.39 is 5.54 Å². The van der Waals surface area contributed by atoms with Gasteiger partial charge >= 0.3 is 0 Å². The second kappa shape index (κ2) is 6.30. The van der Waals surface area contributed by atoms with E-state index in [1.54, 1.807) is 12.1 Å². The molecule has 1 aromatic carbocycles. The van der Waals surface area contributed by atoms with Crippen molar-refractivity contribution in [3.63, 3.8) is 0 Å². The minimum atomic E-state index is -0.512. The summed E-state index contributed by atoms with van der Waals surface area (Å²) in [6.07, 6.45) is 3.62. The third-order valence-electron chi connectivity index (χ3n) is 4.12. The molecule has 1 amide bonds. The summed E-state index contributed by atoms with van der Waals surface area (Å²) < 4.78 is 0.711. The van der Waals surface area contributed by atoms with Gasteiger partial charge in [0.1, 0.15) is 5.75 Å². The summed E-state index contributed by atoms with van der Waals surface area (Å²) in [5, 5.41) is 22.3. The van der Waals surface area contributed by atoms with Crippen molar-refractivity contribution in [1.29, 1.82) is 0 Å². The third kappa shape index (κ3) is 3.44. The predicted octanol–water partition coefficient (Wildman–Crippen LogP) is 2.67. The number of hydrogen-bond donors (Lipinski definition) is 3. The molecule has 5 heteroatoms. The summed E-state index contributed by atoms with van der Waals surface area (Å²) in [6, 6.07) is 4.86. The van der Waals surface area contributed by atoms with Gasteiger partial charge in [-0.15, -0.1) is 0 Å². The molecule has 110 valence electrons. The fraction of sp³-hybridized carbons (Fsp3) is 0.533. The van der Waals surface area contributed by atoms with Crippen molar-refractivity contribution in [1.82, 2.24) is 5.32 Å². The van der Waals surface area contributed by atoms with Gasteiger partial charge in [0.05, 0.1) is 15.7 Å². The van der Waals surface area contributed by atoms with Gasteiger partial charge in [-0.25, -0.2) is 0 Å². The van der Waals surface area contributed by atoms with Gasteiger partial charge in [-0.2, -0.15) is 0 Å². The molecule has 0 heterocycles. The molecule has 2 rings (SSSR count). The summed E-state index contributed by atoms with van der Waals surface area (Å²) in [5.74, 6) is 0.516. The molecule has 0 aromatic heterocycles. The van der Waals surface area contributed by atoms with E-state index in [1.165, 1.54) is 6.07 Å². The molecule has 0 aliphatic heterocycles. The minimum Gasteiger partial charge on any atom is -0.507 e. The normalized spacial score (nSPS) is 26.2. The second-order valence-electron chi connectivity index (χ2n) is 5.74. The van der Waals surface area contributed by atoms with Gasteiger partial charge in [-0.05, 0) is 72.4 Å². The Morgan fingerprint density at radius 2 is 2.10 bits per heavy atom. The Balaban J connectivity index is 2.11. The van der Waals surface area contributed by atoms with E-state index in [2.05, 4.69) is 12.2 Å². The van der Waals surface area contributed by atoms with Crippen molar-refractivity contribution >= 4 is 28.5 Å². The Morgan fingerprint density at radius 1 is 1.45 bits per heavy atom. The Kier molecular flexibility index (Phi) is 4.90. The molecule has 1 aliphatic carbocycles. The number of rotatable bonds is 3. The lowest BCUT2D eigenvalue weighted by atomic mass is 9.77. The molecule has 1 aliphatic rings. The first kappa shape index (κ1) is 15.6. The lowest BCUT2D eigenvalue weighted by Gasteiger charge is -2.38. The Labute approximate surface area is 132 Å². The number of nitrogens with one attached hydrogen (secondary N) is 1. The summed E-state index contributed by atoms with van der Waals surface area (Å²) in [6.45, 7) is 2.15. The quantitative estimate of drug-likeness (QED) is 0.697. The Bertz CT molecular complexity index is 496. The number of amides is 1. The van der Waals surface area contributed by atoms with Crippen LogP contribution in [0.1, 0.15) is 43.0 Å². The van der Waals surface area contributed by atoms with Crippen LogP contribution in [0.15, 0.2) is 18.2 Å². The SMILES string of the molecule is CC1CCC(CO)(NC(=O)c2ccc(I)c(O)c2)CC1. The average molecular weight is 389 g/mol. The number of phenols is 1. The molecule has 1 saturated carbocycles. The van der Waals surface area contributed by atoms with E-state index >= 15 is 0 Å².